The molecular weight excluding hydrogens is 1090 g/mol. The molecule has 0 amide bonds. The number of benzene rings is 10. The average Bonchev–Trinajstić information content (AvgIpc) is 1.36. The normalized spacial score (nSPS) is 11.2. The number of aryl methyl sites for hydroxylation is 8. The molecule has 2 heterocycles. The molecule has 10 aromatic carbocycles. The highest BCUT2D eigenvalue weighted by Crippen LogP contribution is 2.42. The summed E-state index contributed by atoms with van der Waals surface area (Å²) in [6.07, 6.45) is 11.9. The monoisotopic (exact) mass is 1170 g/mol. The molecule has 0 bridgehead atoms. The van der Waals surface area contributed by atoms with Crippen molar-refractivity contribution in [2.24, 2.45) is 0 Å². The van der Waals surface area contributed by atoms with Gasteiger partial charge in [0.25, 0.3) is 0 Å². The first-order chi connectivity index (χ1) is 44.2. The van der Waals surface area contributed by atoms with Crippen molar-refractivity contribution in [3.8, 4) is 78.1 Å². The van der Waals surface area contributed by atoms with Crippen LogP contribution in [0.1, 0.15) is 99.9 Å². The van der Waals surface area contributed by atoms with Gasteiger partial charge in [-0.05, 0) is 260 Å². The highest BCUT2D eigenvalue weighted by molar-refractivity contribution is 5.85. The molecule has 0 fully saturated rings. The van der Waals surface area contributed by atoms with Gasteiger partial charge in [0.1, 0.15) is 0 Å². The molecule has 0 aliphatic heterocycles. The minimum absolute atomic E-state index is 0.820. The number of hydrogen-bond acceptors (Lipinski definition) is 4. The molecule has 90 heavy (non-hydrogen) atoms. The Bertz CT molecular complexity index is 3920. The number of pyridine rings is 2. The van der Waals surface area contributed by atoms with E-state index in [1.807, 2.05) is 12.4 Å². The molecule has 0 unspecified atom stereocenters. The first-order valence-corrected chi connectivity index (χ1v) is 32.8. The minimum Gasteiger partial charge on any atom is -0.311 e. The molecule has 0 aliphatic carbocycles. The van der Waals surface area contributed by atoms with E-state index in [1.165, 1.54) is 89.0 Å². The third-order valence-corrected chi connectivity index (χ3v) is 18.3. The number of anilines is 6. The van der Waals surface area contributed by atoms with Crippen LogP contribution in [0.4, 0.5) is 34.1 Å². The van der Waals surface area contributed by atoms with Crippen LogP contribution in [0.5, 0.6) is 0 Å². The van der Waals surface area contributed by atoms with Gasteiger partial charge in [-0.25, -0.2) is 0 Å². The van der Waals surface area contributed by atoms with Gasteiger partial charge in [-0.2, -0.15) is 0 Å². The highest BCUT2D eigenvalue weighted by Gasteiger charge is 2.19. The van der Waals surface area contributed by atoms with Gasteiger partial charge >= 0.3 is 0 Å². The van der Waals surface area contributed by atoms with Crippen LogP contribution >= 0.6 is 0 Å². The zero-order chi connectivity index (χ0) is 62.1. The van der Waals surface area contributed by atoms with Crippen molar-refractivity contribution >= 4 is 34.1 Å². The van der Waals surface area contributed by atoms with Crippen LogP contribution in [0.25, 0.3) is 78.1 Å². The molecule has 0 spiro atoms. The van der Waals surface area contributed by atoms with Crippen LogP contribution in [0.2, 0.25) is 0 Å². The summed E-state index contributed by atoms with van der Waals surface area (Å²) in [4.78, 5) is 14.5. The maximum absolute atomic E-state index is 4.90. The zero-order valence-electron chi connectivity index (χ0n) is 53.7. The van der Waals surface area contributed by atoms with E-state index >= 15 is 0 Å². The molecule has 4 heteroatoms. The quantitative estimate of drug-likeness (QED) is 0.0718. The van der Waals surface area contributed by atoms with Gasteiger partial charge in [0.2, 0.25) is 0 Å². The van der Waals surface area contributed by atoms with E-state index in [4.69, 9.17) is 9.97 Å². The van der Waals surface area contributed by atoms with Crippen molar-refractivity contribution in [1.82, 2.24) is 9.97 Å². The Morgan fingerprint density at radius 2 is 0.433 bits per heavy atom. The number of hydrogen-bond donors (Lipinski definition) is 0. The van der Waals surface area contributed by atoms with Crippen molar-refractivity contribution in [1.29, 1.82) is 0 Å². The third-order valence-electron chi connectivity index (χ3n) is 18.3. The summed E-state index contributed by atoms with van der Waals surface area (Å²) in [5, 5.41) is 0. The van der Waals surface area contributed by atoms with Crippen molar-refractivity contribution in [3.05, 3.63) is 300 Å². The van der Waals surface area contributed by atoms with E-state index in [0.29, 0.717) is 0 Å². The lowest BCUT2D eigenvalue weighted by atomic mass is 9.94. The SMILES string of the molecule is CCc1ccc(-c2ccc(N(c3ccc(-c4ccnc(-c5cc(-c6ccc(N(c7ccc(-c8ccc(CC)cc8CC)cc7)c7ccc(-c8ccc(CC)cc8CC)cc7)cc6)ccn5)c4)cc3)c3ccc(-c4ccc(CC)cc4CC)cc3)cc2)c(CC)c1. The van der Waals surface area contributed by atoms with Gasteiger partial charge in [0.15, 0.2) is 0 Å². The van der Waals surface area contributed by atoms with Crippen LogP contribution in [-0.2, 0) is 51.4 Å². The van der Waals surface area contributed by atoms with Gasteiger partial charge in [0, 0.05) is 46.5 Å². The Labute approximate surface area is 535 Å². The van der Waals surface area contributed by atoms with E-state index in [2.05, 4.69) is 308 Å². The summed E-state index contributed by atoms with van der Waals surface area (Å²) in [6.45, 7) is 17.9. The number of aromatic nitrogens is 2. The maximum atomic E-state index is 4.90. The second-order valence-corrected chi connectivity index (χ2v) is 23.6. The number of rotatable bonds is 21. The Morgan fingerprint density at radius 1 is 0.211 bits per heavy atom. The lowest BCUT2D eigenvalue weighted by molar-refractivity contribution is 1.09. The van der Waals surface area contributed by atoms with E-state index < -0.39 is 0 Å². The van der Waals surface area contributed by atoms with Gasteiger partial charge < -0.3 is 9.80 Å². The fourth-order valence-electron chi connectivity index (χ4n) is 12.9. The standard InChI is InChI=1S/C86H82N4/c1-9-59-17-45-81(63(13-5)53-59)69-25-37-77(38-26-69)89(78-39-27-70(28-40-78)82-46-18-60(10-2)54-64(82)14-6)75-33-21-67(22-34-75)73-49-51-87-85(57-73)86-58-74(50-52-88-86)68-23-35-76(36-24-68)90(79-41-29-71(30-42-79)83-47-19-61(11-3)55-65(83)15-7)80-43-31-72(32-44-80)84-48-20-62(12-4)56-66(84)16-8/h17-58H,9-16H2,1-8H3. The largest absolute Gasteiger partial charge is 0.311 e. The second kappa shape index (κ2) is 27.6. The second-order valence-electron chi connectivity index (χ2n) is 23.6. The molecule has 12 rings (SSSR count). The minimum atomic E-state index is 0.820. The van der Waals surface area contributed by atoms with Crippen LogP contribution in [0, 0.1) is 0 Å². The molecule has 4 nitrogen and oxygen atoms in total. The van der Waals surface area contributed by atoms with Gasteiger partial charge in [-0.3, -0.25) is 9.97 Å². The summed E-state index contributed by atoms with van der Waals surface area (Å²) < 4.78 is 0. The summed E-state index contributed by atoms with van der Waals surface area (Å²) in [6, 6.07) is 90.6. The highest BCUT2D eigenvalue weighted by atomic mass is 15.1. The predicted molar refractivity (Wildman–Crippen MR) is 384 cm³/mol. The maximum Gasteiger partial charge on any atom is 0.0892 e. The first-order valence-electron chi connectivity index (χ1n) is 32.8. The third kappa shape index (κ3) is 12.8. The van der Waals surface area contributed by atoms with E-state index in [1.54, 1.807) is 0 Å². The Balaban J connectivity index is 0.828. The van der Waals surface area contributed by atoms with Crippen LogP contribution < -0.4 is 9.80 Å². The smallest absolute Gasteiger partial charge is 0.0892 e. The fraction of sp³-hybridized carbons (Fsp3) is 0.186. The molecule has 0 atom stereocenters. The van der Waals surface area contributed by atoms with Gasteiger partial charge in [-0.15, -0.1) is 0 Å². The summed E-state index contributed by atoms with van der Waals surface area (Å²) in [5.41, 5.74) is 33.7. The molecule has 0 saturated heterocycles. The van der Waals surface area contributed by atoms with Crippen molar-refractivity contribution in [2.75, 3.05) is 9.80 Å². The van der Waals surface area contributed by atoms with E-state index in [-0.39, 0.29) is 0 Å². The Hall–Kier alpha value is -9.90. The lowest BCUT2D eigenvalue weighted by Gasteiger charge is -2.26. The topological polar surface area (TPSA) is 32.3 Å². The van der Waals surface area contributed by atoms with Crippen molar-refractivity contribution in [2.45, 2.75) is 107 Å². The van der Waals surface area contributed by atoms with Crippen molar-refractivity contribution < 1.29 is 0 Å². The molecule has 0 aliphatic rings. The molecule has 0 saturated carbocycles. The number of nitrogens with zero attached hydrogens (tertiary/aromatic N) is 4. The van der Waals surface area contributed by atoms with E-state index in [0.717, 1.165) is 119 Å². The van der Waals surface area contributed by atoms with Crippen LogP contribution in [0.3, 0.4) is 0 Å². The first kappa shape index (κ1) is 60.4. The summed E-state index contributed by atoms with van der Waals surface area (Å²) in [5.74, 6) is 0. The van der Waals surface area contributed by atoms with Gasteiger partial charge in [-0.1, -0.05) is 201 Å². The predicted octanol–water partition coefficient (Wildman–Crippen LogP) is 23.6. The molecule has 0 radical (unpaired) electrons. The molecular formula is C86H82N4. The van der Waals surface area contributed by atoms with Crippen LogP contribution in [-0.4, -0.2) is 9.97 Å². The molecule has 446 valence electrons. The van der Waals surface area contributed by atoms with E-state index in [9.17, 15) is 0 Å². The molecule has 0 N–H and O–H groups in total. The Morgan fingerprint density at radius 3 is 0.644 bits per heavy atom. The van der Waals surface area contributed by atoms with Crippen LogP contribution in [0.15, 0.2) is 255 Å². The lowest BCUT2D eigenvalue weighted by Crippen LogP contribution is -2.10. The molecule has 12 aromatic rings. The summed E-state index contributed by atoms with van der Waals surface area (Å²) >= 11 is 0. The zero-order valence-corrected chi connectivity index (χ0v) is 53.7. The average molecular weight is 1170 g/mol. The fourth-order valence-corrected chi connectivity index (χ4v) is 12.9. The van der Waals surface area contributed by atoms with Crippen molar-refractivity contribution in [3.63, 3.8) is 0 Å². The summed E-state index contributed by atoms with van der Waals surface area (Å²) in [7, 11) is 0. The molecule has 2 aromatic heterocycles. The van der Waals surface area contributed by atoms with Gasteiger partial charge in [0.05, 0.1) is 11.4 Å². The Kier molecular flexibility index (Phi) is 18.6.